The Kier molecular flexibility index (Phi) is 6.69. The molecule has 90 valence electrons. The molecule has 0 aliphatic carbocycles. The van der Waals surface area contributed by atoms with Crippen molar-refractivity contribution in [3.63, 3.8) is 0 Å². The maximum Gasteiger partial charge on any atom is 0.0818 e. The van der Waals surface area contributed by atoms with Gasteiger partial charge in [0.1, 0.15) is 0 Å². The Hall–Kier alpha value is 0.270. The molecule has 1 fully saturated rings. The van der Waals surface area contributed by atoms with E-state index in [9.17, 15) is 0 Å². The molecule has 1 aliphatic heterocycles. The highest BCUT2D eigenvalue weighted by Crippen LogP contribution is 2.19. The van der Waals surface area contributed by atoms with Gasteiger partial charge in [0.25, 0.3) is 0 Å². The summed E-state index contributed by atoms with van der Waals surface area (Å²) in [6.45, 7) is 8.84. The third-order valence-corrected chi connectivity index (χ3v) is 3.69. The summed E-state index contributed by atoms with van der Waals surface area (Å²) in [6, 6.07) is 0.553. The summed E-state index contributed by atoms with van der Waals surface area (Å²) >= 11 is 2.03. The van der Waals surface area contributed by atoms with E-state index in [4.69, 9.17) is 4.74 Å². The van der Waals surface area contributed by atoms with Crippen molar-refractivity contribution >= 4 is 11.8 Å². The van der Waals surface area contributed by atoms with Crippen LogP contribution >= 0.6 is 11.8 Å². The number of ether oxygens (including phenoxy) is 1. The van der Waals surface area contributed by atoms with Gasteiger partial charge >= 0.3 is 0 Å². The molecule has 2 atom stereocenters. The lowest BCUT2D eigenvalue weighted by molar-refractivity contribution is 0.0415. The molecule has 0 amide bonds. The summed E-state index contributed by atoms with van der Waals surface area (Å²) in [4.78, 5) is 0. The maximum absolute atomic E-state index is 5.85. The molecule has 0 aromatic heterocycles. The van der Waals surface area contributed by atoms with E-state index in [-0.39, 0.29) is 0 Å². The van der Waals surface area contributed by atoms with Crippen molar-refractivity contribution in [2.24, 2.45) is 5.92 Å². The van der Waals surface area contributed by atoms with Crippen LogP contribution in [-0.4, -0.2) is 36.8 Å². The molecule has 1 saturated heterocycles. The summed E-state index contributed by atoms with van der Waals surface area (Å²) < 4.78 is 5.85. The van der Waals surface area contributed by atoms with Crippen LogP contribution in [0.3, 0.4) is 0 Å². The number of hydrogen-bond donors (Lipinski definition) is 1. The van der Waals surface area contributed by atoms with Crippen LogP contribution in [0, 0.1) is 5.92 Å². The molecule has 1 aliphatic rings. The lowest BCUT2D eigenvalue weighted by Gasteiger charge is -2.32. The normalized spacial score (nSPS) is 24.4. The van der Waals surface area contributed by atoms with Gasteiger partial charge in [-0.2, -0.15) is 11.8 Å². The summed E-state index contributed by atoms with van der Waals surface area (Å²) in [5.41, 5.74) is 0. The zero-order valence-electron chi connectivity index (χ0n) is 10.3. The Morgan fingerprint density at radius 1 is 1.47 bits per heavy atom. The van der Waals surface area contributed by atoms with Crippen LogP contribution in [0.15, 0.2) is 0 Å². The number of nitrogens with one attached hydrogen (secondary N) is 1. The van der Waals surface area contributed by atoms with Gasteiger partial charge in [0.2, 0.25) is 0 Å². The SMILES string of the molecule is CCCNC(CC(C)C)C1CSCCO1. The summed E-state index contributed by atoms with van der Waals surface area (Å²) in [6.07, 6.45) is 2.86. The van der Waals surface area contributed by atoms with Gasteiger partial charge in [-0.15, -0.1) is 0 Å². The van der Waals surface area contributed by atoms with Crippen molar-refractivity contribution in [3.8, 4) is 0 Å². The molecule has 1 rings (SSSR count). The third kappa shape index (κ3) is 5.23. The van der Waals surface area contributed by atoms with Gasteiger partial charge in [0.15, 0.2) is 0 Å². The highest BCUT2D eigenvalue weighted by molar-refractivity contribution is 7.99. The van der Waals surface area contributed by atoms with Crippen molar-refractivity contribution in [3.05, 3.63) is 0 Å². The summed E-state index contributed by atoms with van der Waals surface area (Å²) in [5.74, 6) is 3.07. The predicted octanol–water partition coefficient (Wildman–Crippen LogP) is 2.53. The van der Waals surface area contributed by atoms with Crippen LogP contribution < -0.4 is 5.32 Å². The van der Waals surface area contributed by atoms with Gasteiger partial charge < -0.3 is 10.1 Å². The smallest absolute Gasteiger partial charge is 0.0818 e. The largest absolute Gasteiger partial charge is 0.375 e. The molecule has 0 saturated carbocycles. The Morgan fingerprint density at radius 3 is 2.80 bits per heavy atom. The third-order valence-electron chi connectivity index (χ3n) is 2.67. The Bertz CT molecular complexity index is 158. The highest BCUT2D eigenvalue weighted by atomic mass is 32.2. The average molecular weight is 231 g/mol. The molecule has 15 heavy (non-hydrogen) atoms. The molecule has 0 radical (unpaired) electrons. The molecule has 0 bridgehead atoms. The maximum atomic E-state index is 5.85. The minimum atomic E-state index is 0.428. The zero-order chi connectivity index (χ0) is 11.1. The standard InChI is InChI=1S/C12H25NOS/c1-4-5-13-11(8-10(2)3)12-9-15-7-6-14-12/h10-13H,4-9H2,1-3H3. The lowest BCUT2D eigenvalue weighted by atomic mass is 9.99. The lowest BCUT2D eigenvalue weighted by Crippen LogP contribution is -2.45. The topological polar surface area (TPSA) is 21.3 Å². The first kappa shape index (κ1) is 13.3. The first-order valence-corrected chi connectivity index (χ1v) is 7.32. The summed E-state index contributed by atoms with van der Waals surface area (Å²) in [5, 5.41) is 3.63. The van der Waals surface area contributed by atoms with Gasteiger partial charge in [-0.1, -0.05) is 20.8 Å². The monoisotopic (exact) mass is 231 g/mol. The van der Waals surface area contributed by atoms with Crippen LogP contribution in [0.5, 0.6) is 0 Å². The van der Waals surface area contributed by atoms with E-state index in [1.165, 1.54) is 18.6 Å². The van der Waals surface area contributed by atoms with E-state index in [0.717, 1.165) is 24.8 Å². The van der Waals surface area contributed by atoms with Crippen LogP contribution in [-0.2, 0) is 4.74 Å². The van der Waals surface area contributed by atoms with E-state index in [0.29, 0.717) is 12.1 Å². The zero-order valence-corrected chi connectivity index (χ0v) is 11.1. The first-order valence-electron chi connectivity index (χ1n) is 6.16. The molecule has 0 aromatic rings. The fourth-order valence-electron chi connectivity index (χ4n) is 1.94. The van der Waals surface area contributed by atoms with Gasteiger partial charge in [0, 0.05) is 17.5 Å². The van der Waals surface area contributed by atoms with Crippen molar-refractivity contribution in [2.45, 2.75) is 45.8 Å². The molecule has 2 nitrogen and oxygen atoms in total. The molecular formula is C12H25NOS. The fraction of sp³-hybridized carbons (Fsp3) is 1.00. The van der Waals surface area contributed by atoms with E-state index in [1.54, 1.807) is 0 Å². The molecular weight excluding hydrogens is 206 g/mol. The van der Waals surface area contributed by atoms with Crippen LogP contribution in [0.2, 0.25) is 0 Å². The Labute approximate surface area is 98.5 Å². The van der Waals surface area contributed by atoms with Crippen molar-refractivity contribution in [1.29, 1.82) is 0 Å². The number of thioether (sulfide) groups is 1. The Morgan fingerprint density at radius 2 is 2.27 bits per heavy atom. The highest BCUT2D eigenvalue weighted by Gasteiger charge is 2.24. The molecule has 0 spiro atoms. The van der Waals surface area contributed by atoms with Gasteiger partial charge in [-0.05, 0) is 25.3 Å². The second-order valence-electron chi connectivity index (χ2n) is 4.67. The predicted molar refractivity (Wildman–Crippen MR) is 68.6 cm³/mol. The van der Waals surface area contributed by atoms with Crippen molar-refractivity contribution in [2.75, 3.05) is 24.7 Å². The van der Waals surface area contributed by atoms with Gasteiger partial charge in [-0.25, -0.2) is 0 Å². The minimum absolute atomic E-state index is 0.428. The molecule has 2 unspecified atom stereocenters. The van der Waals surface area contributed by atoms with E-state index < -0.39 is 0 Å². The van der Waals surface area contributed by atoms with Crippen LogP contribution in [0.1, 0.15) is 33.6 Å². The second kappa shape index (κ2) is 7.53. The van der Waals surface area contributed by atoms with Crippen molar-refractivity contribution in [1.82, 2.24) is 5.32 Å². The number of rotatable bonds is 6. The number of hydrogen-bond acceptors (Lipinski definition) is 3. The summed E-state index contributed by atoms with van der Waals surface area (Å²) in [7, 11) is 0. The average Bonchev–Trinajstić information content (AvgIpc) is 2.25. The molecule has 0 aromatic carbocycles. The van der Waals surface area contributed by atoms with E-state index in [2.05, 4.69) is 26.1 Å². The van der Waals surface area contributed by atoms with Crippen LogP contribution in [0.25, 0.3) is 0 Å². The molecule has 1 heterocycles. The van der Waals surface area contributed by atoms with Crippen LogP contribution in [0.4, 0.5) is 0 Å². The van der Waals surface area contributed by atoms with E-state index in [1.807, 2.05) is 11.8 Å². The van der Waals surface area contributed by atoms with Gasteiger partial charge in [-0.3, -0.25) is 0 Å². The molecule has 1 N–H and O–H groups in total. The van der Waals surface area contributed by atoms with Crippen molar-refractivity contribution < 1.29 is 4.74 Å². The minimum Gasteiger partial charge on any atom is -0.375 e. The molecule has 3 heteroatoms. The van der Waals surface area contributed by atoms with Gasteiger partial charge in [0.05, 0.1) is 12.7 Å². The first-order chi connectivity index (χ1) is 7.24. The Balaban J connectivity index is 2.37. The second-order valence-corrected chi connectivity index (χ2v) is 5.82. The van der Waals surface area contributed by atoms with E-state index >= 15 is 0 Å². The quantitative estimate of drug-likeness (QED) is 0.759. The fourth-order valence-corrected chi connectivity index (χ4v) is 2.88.